The summed E-state index contributed by atoms with van der Waals surface area (Å²) in [4.78, 5) is 59.2. The van der Waals surface area contributed by atoms with E-state index in [4.69, 9.17) is 23.7 Å². The van der Waals surface area contributed by atoms with E-state index < -0.39 is 54.4 Å². The molecule has 0 unspecified atom stereocenters. The zero-order valence-corrected chi connectivity index (χ0v) is 19.5. The molecule has 34 heavy (non-hydrogen) atoms. The molecule has 5 atom stereocenters. The van der Waals surface area contributed by atoms with E-state index >= 15 is 0 Å². The van der Waals surface area contributed by atoms with Gasteiger partial charge in [0.05, 0.1) is 6.10 Å². The molecule has 1 aromatic rings. The third-order valence-corrected chi connectivity index (χ3v) is 4.80. The van der Waals surface area contributed by atoms with Gasteiger partial charge in [0.2, 0.25) is 5.91 Å². The Labute approximate surface area is 197 Å². The number of carbonyl (C=O) groups excluding carboxylic acids is 5. The van der Waals surface area contributed by atoms with Crippen LogP contribution in [0.1, 0.15) is 40.5 Å². The van der Waals surface area contributed by atoms with Crippen molar-refractivity contribution in [1.82, 2.24) is 0 Å². The van der Waals surface area contributed by atoms with E-state index in [1.54, 1.807) is 24.3 Å². The van der Waals surface area contributed by atoms with E-state index in [1.165, 1.54) is 6.92 Å². The second-order valence-electron chi connectivity index (χ2n) is 7.69. The summed E-state index contributed by atoms with van der Waals surface area (Å²) in [6.07, 6.45) is -5.57. The van der Waals surface area contributed by atoms with Crippen LogP contribution in [0.3, 0.4) is 0 Å². The maximum atomic E-state index is 12.5. The number of anilines is 1. The molecule has 1 aromatic carbocycles. The van der Waals surface area contributed by atoms with Gasteiger partial charge in [-0.05, 0) is 18.6 Å². The van der Waals surface area contributed by atoms with Crippen molar-refractivity contribution in [2.75, 3.05) is 11.9 Å². The first-order valence-electron chi connectivity index (χ1n) is 10.7. The molecule has 0 aliphatic carbocycles. The van der Waals surface area contributed by atoms with Gasteiger partial charge in [-0.25, -0.2) is 0 Å². The Hall–Kier alpha value is -3.47. The Morgan fingerprint density at radius 3 is 1.82 bits per heavy atom. The number of amides is 1. The first kappa shape index (κ1) is 26.8. The van der Waals surface area contributed by atoms with Crippen LogP contribution in [-0.2, 0) is 47.7 Å². The number of benzene rings is 1. The Morgan fingerprint density at radius 1 is 0.765 bits per heavy atom. The highest BCUT2D eigenvalue weighted by Crippen LogP contribution is 2.31. The van der Waals surface area contributed by atoms with Gasteiger partial charge in [-0.15, -0.1) is 0 Å². The molecule has 0 aromatic heterocycles. The molecule has 1 fully saturated rings. The summed E-state index contributed by atoms with van der Waals surface area (Å²) in [6, 6.07) is 8.82. The predicted molar refractivity (Wildman–Crippen MR) is 116 cm³/mol. The van der Waals surface area contributed by atoms with Gasteiger partial charge in [-0.2, -0.15) is 0 Å². The highest BCUT2D eigenvalue weighted by molar-refractivity contribution is 5.90. The first-order valence-corrected chi connectivity index (χ1v) is 10.7. The number of hydrogen-bond donors (Lipinski definition) is 1. The predicted octanol–water partition coefficient (Wildman–Crippen LogP) is 1.53. The fourth-order valence-corrected chi connectivity index (χ4v) is 3.57. The van der Waals surface area contributed by atoms with Crippen molar-refractivity contribution in [3.63, 3.8) is 0 Å². The van der Waals surface area contributed by atoms with Gasteiger partial charge in [-0.3, -0.25) is 24.0 Å². The smallest absolute Gasteiger partial charge is 0.303 e. The molecule has 2 rings (SSSR count). The van der Waals surface area contributed by atoms with Crippen LogP contribution in [0, 0.1) is 0 Å². The van der Waals surface area contributed by atoms with Crippen molar-refractivity contribution in [1.29, 1.82) is 0 Å². The van der Waals surface area contributed by atoms with Crippen molar-refractivity contribution < 1.29 is 47.7 Å². The second-order valence-corrected chi connectivity index (χ2v) is 7.69. The molecule has 0 bridgehead atoms. The van der Waals surface area contributed by atoms with E-state index in [0.717, 1.165) is 20.8 Å². The van der Waals surface area contributed by atoms with Crippen molar-refractivity contribution in [2.24, 2.45) is 0 Å². The Kier molecular flexibility index (Phi) is 9.99. The Bertz CT molecular complexity index is 887. The van der Waals surface area contributed by atoms with Gasteiger partial charge in [0, 0.05) is 39.8 Å². The van der Waals surface area contributed by atoms with E-state index in [-0.39, 0.29) is 25.4 Å². The van der Waals surface area contributed by atoms with E-state index in [9.17, 15) is 24.0 Å². The summed E-state index contributed by atoms with van der Waals surface area (Å²) >= 11 is 0. The first-order chi connectivity index (χ1) is 16.1. The Morgan fingerprint density at radius 2 is 1.29 bits per heavy atom. The monoisotopic (exact) mass is 479 g/mol. The fraction of sp³-hybridized carbons (Fsp3) is 0.522. The molecule has 1 N–H and O–H groups in total. The van der Waals surface area contributed by atoms with Crippen LogP contribution in [0.15, 0.2) is 30.3 Å². The van der Waals surface area contributed by atoms with Crippen LogP contribution in [0.4, 0.5) is 5.69 Å². The molecular weight excluding hydrogens is 450 g/mol. The van der Waals surface area contributed by atoms with Crippen molar-refractivity contribution in [3.05, 3.63) is 30.3 Å². The highest BCUT2D eigenvalue weighted by atomic mass is 16.7. The standard InChI is InChI=1S/C23H29NO10/c1-13(25)30-12-19-22(32-15(3)27)23(33-16(4)28)21(31-14(2)26)18(34-19)10-11-20(29)24-17-8-6-5-7-9-17/h5-9,18-19,21-23H,10-12H2,1-4H3,(H,24,29)/t18-,19-,21+,22+,23-/m1/s1. The van der Waals surface area contributed by atoms with Crippen LogP contribution in [0.2, 0.25) is 0 Å². The molecule has 11 nitrogen and oxygen atoms in total. The SMILES string of the molecule is CC(=O)OC[C@H]1O[C@H](CCC(=O)Nc2ccccc2)[C@H](OC(C)=O)[C@@H](OC(C)=O)[C@H]1OC(C)=O. The number of para-hydroxylation sites is 1. The molecule has 0 saturated carbocycles. The minimum Gasteiger partial charge on any atom is -0.463 e. The van der Waals surface area contributed by atoms with Crippen LogP contribution < -0.4 is 5.32 Å². The number of ether oxygens (including phenoxy) is 5. The molecule has 1 amide bonds. The summed E-state index contributed by atoms with van der Waals surface area (Å²) in [5, 5.41) is 2.74. The largest absolute Gasteiger partial charge is 0.463 e. The van der Waals surface area contributed by atoms with E-state index in [2.05, 4.69) is 5.32 Å². The Balaban J connectivity index is 2.27. The van der Waals surface area contributed by atoms with Crippen LogP contribution in [-0.4, -0.2) is 66.9 Å². The van der Waals surface area contributed by atoms with Gasteiger partial charge >= 0.3 is 23.9 Å². The van der Waals surface area contributed by atoms with Gasteiger partial charge < -0.3 is 29.0 Å². The summed E-state index contributed by atoms with van der Waals surface area (Å²) < 4.78 is 27.1. The molecule has 1 heterocycles. The lowest BCUT2D eigenvalue weighted by Gasteiger charge is -2.44. The third-order valence-electron chi connectivity index (χ3n) is 4.80. The van der Waals surface area contributed by atoms with E-state index in [0.29, 0.717) is 5.69 Å². The molecule has 11 heteroatoms. The lowest BCUT2D eigenvalue weighted by atomic mass is 9.91. The molecular formula is C23H29NO10. The lowest BCUT2D eigenvalue weighted by molar-refractivity contribution is -0.253. The van der Waals surface area contributed by atoms with Gasteiger partial charge in [0.25, 0.3) is 0 Å². The zero-order valence-electron chi connectivity index (χ0n) is 19.5. The fourth-order valence-electron chi connectivity index (χ4n) is 3.57. The minimum absolute atomic E-state index is 0.0252. The summed E-state index contributed by atoms with van der Waals surface area (Å²) in [5.74, 6) is -3.03. The summed E-state index contributed by atoms with van der Waals surface area (Å²) in [7, 11) is 0. The normalized spacial score (nSPS) is 23.8. The van der Waals surface area contributed by atoms with Crippen molar-refractivity contribution in [2.45, 2.75) is 71.1 Å². The zero-order chi connectivity index (χ0) is 25.3. The van der Waals surface area contributed by atoms with Gasteiger partial charge in [0.15, 0.2) is 18.3 Å². The molecule has 1 saturated heterocycles. The van der Waals surface area contributed by atoms with E-state index in [1.807, 2.05) is 6.07 Å². The van der Waals surface area contributed by atoms with Gasteiger partial charge in [0.1, 0.15) is 12.7 Å². The second kappa shape index (κ2) is 12.7. The highest BCUT2D eigenvalue weighted by Gasteiger charge is 2.51. The van der Waals surface area contributed by atoms with Gasteiger partial charge in [-0.1, -0.05) is 18.2 Å². The molecule has 0 spiro atoms. The average molecular weight is 479 g/mol. The minimum atomic E-state index is -1.25. The quantitative estimate of drug-likeness (QED) is 0.409. The molecule has 0 radical (unpaired) electrons. The lowest BCUT2D eigenvalue weighted by Crippen LogP contribution is -2.62. The van der Waals surface area contributed by atoms with Crippen LogP contribution in [0.5, 0.6) is 0 Å². The topological polar surface area (TPSA) is 144 Å². The van der Waals surface area contributed by atoms with Crippen LogP contribution in [0.25, 0.3) is 0 Å². The number of rotatable bonds is 9. The molecule has 1 aliphatic heterocycles. The average Bonchev–Trinajstić information content (AvgIpc) is 2.74. The maximum Gasteiger partial charge on any atom is 0.303 e. The number of nitrogens with one attached hydrogen (secondary N) is 1. The maximum absolute atomic E-state index is 12.5. The van der Waals surface area contributed by atoms with Crippen molar-refractivity contribution in [3.8, 4) is 0 Å². The van der Waals surface area contributed by atoms with Crippen molar-refractivity contribution >= 4 is 35.5 Å². The summed E-state index contributed by atoms with van der Waals surface area (Å²) in [6.45, 7) is 4.34. The number of hydrogen-bond acceptors (Lipinski definition) is 10. The van der Waals surface area contributed by atoms with Crippen LogP contribution >= 0.6 is 0 Å². The number of carbonyl (C=O) groups is 5. The summed E-state index contributed by atoms with van der Waals surface area (Å²) in [5.41, 5.74) is 0.606. The number of esters is 4. The molecule has 1 aliphatic rings. The molecule has 186 valence electrons. The third kappa shape index (κ3) is 8.47.